The number of carbonyl (C=O) groups excluding carboxylic acids is 1. The van der Waals surface area contributed by atoms with Gasteiger partial charge in [-0.05, 0) is 42.2 Å². The number of nitrogens with one attached hydrogen (secondary N) is 1. The minimum absolute atomic E-state index is 0.0200. The number of rotatable bonds is 5. The van der Waals surface area contributed by atoms with Crippen LogP contribution in [0.2, 0.25) is 0 Å². The van der Waals surface area contributed by atoms with Crippen molar-refractivity contribution < 1.29 is 9.53 Å². The molecule has 0 saturated heterocycles. The molecule has 2 rings (SSSR count). The lowest BCUT2D eigenvalue weighted by atomic mass is 10.1. The van der Waals surface area contributed by atoms with Gasteiger partial charge in [0.05, 0.1) is 13.5 Å². The van der Waals surface area contributed by atoms with Gasteiger partial charge in [-0.25, -0.2) is 0 Å². The van der Waals surface area contributed by atoms with Crippen LogP contribution in [0.4, 0.5) is 5.69 Å². The Kier molecular flexibility index (Phi) is 5.07. The van der Waals surface area contributed by atoms with Crippen LogP contribution in [0.15, 0.2) is 53.4 Å². The number of ether oxygens (including phenoxy) is 1. The lowest BCUT2D eigenvalue weighted by Crippen LogP contribution is -2.14. The molecule has 0 bridgehead atoms. The molecule has 1 N–H and O–H groups in total. The van der Waals surface area contributed by atoms with Crippen molar-refractivity contribution in [3.8, 4) is 5.75 Å². The quantitative estimate of drug-likeness (QED) is 0.854. The molecule has 3 nitrogen and oxygen atoms in total. The molecule has 0 radical (unpaired) electrons. The molecule has 0 heterocycles. The van der Waals surface area contributed by atoms with Crippen LogP contribution in [0.1, 0.15) is 5.56 Å². The first kappa shape index (κ1) is 14.5. The topological polar surface area (TPSA) is 38.3 Å². The third-order valence-electron chi connectivity index (χ3n) is 2.88. The van der Waals surface area contributed by atoms with Gasteiger partial charge in [-0.1, -0.05) is 18.2 Å². The fourth-order valence-corrected chi connectivity index (χ4v) is 2.29. The third-order valence-corrected chi connectivity index (χ3v) is 3.60. The molecule has 0 fully saturated rings. The van der Waals surface area contributed by atoms with Gasteiger partial charge in [-0.15, -0.1) is 11.8 Å². The molecule has 4 heteroatoms. The van der Waals surface area contributed by atoms with E-state index in [-0.39, 0.29) is 5.91 Å². The van der Waals surface area contributed by atoms with E-state index in [2.05, 4.69) is 5.32 Å². The molecular formula is C16H17NO2S. The average molecular weight is 287 g/mol. The molecule has 0 atom stereocenters. The summed E-state index contributed by atoms with van der Waals surface area (Å²) < 4.78 is 5.09. The van der Waals surface area contributed by atoms with Gasteiger partial charge in [0.25, 0.3) is 0 Å². The standard InChI is InChI=1S/C16H17NO2S/c1-19-14-8-6-12(7-9-14)10-16(18)17-13-4-3-5-15(11-13)20-2/h3-9,11H,10H2,1-2H3,(H,17,18). The van der Waals surface area contributed by atoms with Crippen LogP contribution in [0.5, 0.6) is 5.75 Å². The molecule has 0 aromatic heterocycles. The minimum Gasteiger partial charge on any atom is -0.497 e. The zero-order chi connectivity index (χ0) is 14.4. The van der Waals surface area contributed by atoms with Crippen molar-refractivity contribution in [2.45, 2.75) is 11.3 Å². The lowest BCUT2D eigenvalue weighted by Gasteiger charge is -2.07. The Morgan fingerprint density at radius 3 is 2.60 bits per heavy atom. The van der Waals surface area contributed by atoms with Gasteiger partial charge in [-0.2, -0.15) is 0 Å². The van der Waals surface area contributed by atoms with Gasteiger partial charge in [-0.3, -0.25) is 4.79 Å². The second-order valence-electron chi connectivity index (χ2n) is 4.30. The number of hydrogen-bond donors (Lipinski definition) is 1. The van der Waals surface area contributed by atoms with Crippen LogP contribution < -0.4 is 10.1 Å². The number of hydrogen-bond acceptors (Lipinski definition) is 3. The van der Waals surface area contributed by atoms with Gasteiger partial charge < -0.3 is 10.1 Å². The molecule has 0 aliphatic rings. The predicted molar refractivity (Wildman–Crippen MR) is 83.6 cm³/mol. The van der Waals surface area contributed by atoms with Crippen LogP contribution in [0.25, 0.3) is 0 Å². The van der Waals surface area contributed by atoms with E-state index in [1.807, 2.05) is 54.8 Å². The molecule has 0 aliphatic heterocycles. The molecule has 104 valence electrons. The first-order valence-electron chi connectivity index (χ1n) is 6.28. The molecule has 0 aliphatic carbocycles. The van der Waals surface area contributed by atoms with E-state index in [0.717, 1.165) is 21.9 Å². The highest BCUT2D eigenvalue weighted by atomic mass is 32.2. The van der Waals surface area contributed by atoms with Crippen molar-refractivity contribution in [2.24, 2.45) is 0 Å². The Labute approximate surface area is 123 Å². The maximum absolute atomic E-state index is 12.0. The van der Waals surface area contributed by atoms with E-state index in [9.17, 15) is 4.79 Å². The summed E-state index contributed by atoms with van der Waals surface area (Å²) in [6.45, 7) is 0. The number of anilines is 1. The average Bonchev–Trinajstić information content (AvgIpc) is 2.48. The highest BCUT2D eigenvalue weighted by molar-refractivity contribution is 7.98. The van der Waals surface area contributed by atoms with Crippen LogP contribution in [-0.4, -0.2) is 19.3 Å². The summed E-state index contributed by atoms with van der Waals surface area (Å²) in [6, 6.07) is 15.3. The first-order chi connectivity index (χ1) is 9.71. The first-order valence-corrected chi connectivity index (χ1v) is 7.50. The number of carbonyl (C=O) groups is 1. The van der Waals surface area contributed by atoms with E-state index < -0.39 is 0 Å². The van der Waals surface area contributed by atoms with E-state index in [1.165, 1.54) is 0 Å². The zero-order valence-electron chi connectivity index (χ0n) is 11.6. The molecule has 0 saturated carbocycles. The van der Waals surface area contributed by atoms with Gasteiger partial charge in [0.2, 0.25) is 5.91 Å². The molecule has 2 aromatic rings. The van der Waals surface area contributed by atoms with E-state index in [1.54, 1.807) is 18.9 Å². The van der Waals surface area contributed by atoms with Crippen molar-refractivity contribution in [3.63, 3.8) is 0 Å². The van der Waals surface area contributed by atoms with Crippen molar-refractivity contribution in [2.75, 3.05) is 18.7 Å². The number of methoxy groups -OCH3 is 1. The Hall–Kier alpha value is -1.94. The van der Waals surface area contributed by atoms with Crippen LogP contribution >= 0.6 is 11.8 Å². The zero-order valence-corrected chi connectivity index (χ0v) is 12.4. The molecular weight excluding hydrogens is 270 g/mol. The molecule has 1 amide bonds. The Balaban J connectivity index is 1.97. The fourth-order valence-electron chi connectivity index (χ4n) is 1.83. The third kappa shape index (κ3) is 4.03. The van der Waals surface area contributed by atoms with Crippen LogP contribution in [0, 0.1) is 0 Å². The summed E-state index contributed by atoms with van der Waals surface area (Å²) >= 11 is 1.65. The summed E-state index contributed by atoms with van der Waals surface area (Å²) in [5.41, 5.74) is 1.79. The molecule has 0 unspecified atom stereocenters. The second-order valence-corrected chi connectivity index (χ2v) is 5.18. The summed E-state index contributed by atoms with van der Waals surface area (Å²) in [5, 5.41) is 2.91. The predicted octanol–water partition coefficient (Wildman–Crippen LogP) is 3.60. The Morgan fingerprint density at radius 1 is 1.20 bits per heavy atom. The van der Waals surface area contributed by atoms with E-state index >= 15 is 0 Å². The number of thioether (sulfide) groups is 1. The van der Waals surface area contributed by atoms with Gasteiger partial charge >= 0.3 is 0 Å². The Bertz CT molecular complexity index is 581. The lowest BCUT2D eigenvalue weighted by molar-refractivity contribution is -0.115. The maximum Gasteiger partial charge on any atom is 0.228 e. The summed E-state index contributed by atoms with van der Waals surface area (Å²) in [4.78, 5) is 13.1. The largest absolute Gasteiger partial charge is 0.497 e. The summed E-state index contributed by atoms with van der Waals surface area (Å²) in [5.74, 6) is 0.773. The molecule has 20 heavy (non-hydrogen) atoms. The highest BCUT2D eigenvalue weighted by Gasteiger charge is 2.05. The van der Waals surface area contributed by atoms with Gasteiger partial charge in [0, 0.05) is 10.6 Å². The van der Waals surface area contributed by atoms with E-state index in [0.29, 0.717) is 6.42 Å². The minimum atomic E-state index is -0.0200. The molecule has 2 aromatic carbocycles. The van der Waals surface area contributed by atoms with E-state index in [4.69, 9.17) is 4.74 Å². The SMILES string of the molecule is COc1ccc(CC(=O)Nc2cccc(SC)c2)cc1. The maximum atomic E-state index is 12.0. The van der Waals surface area contributed by atoms with Crippen LogP contribution in [0.3, 0.4) is 0 Å². The smallest absolute Gasteiger partial charge is 0.228 e. The van der Waals surface area contributed by atoms with Gasteiger partial charge in [0.15, 0.2) is 0 Å². The number of amides is 1. The van der Waals surface area contributed by atoms with Gasteiger partial charge in [0.1, 0.15) is 5.75 Å². The van der Waals surface area contributed by atoms with Crippen molar-refractivity contribution >= 4 is 23.4 Å². The number of benzene rings is 2. The highest BCUT2D eigenvalue weighted by Crippen LogP contribution is 2.19. The fraction of sp³-hybridized carbons (Fsp3) is 0.188. The second kappa shape index (κ2) is 7.01. The monoisotopic (exact) mass is 287 g/mol. The Morgan fingerprint density at radius 2 is 1.95 bits per heavy atom. The van der Waals surface area contributed by atoms with Crippen molar-refractivity contribution in [1.82, 2.24) is 0 Å². The summed E-state index contributed by atoms with van der Waals surface area (Å²) in [6.07, 6.45) is 2.37. The van der Waals surface area contributed by atoms with Crippen molar-refractivity contribution in [3.05, 3.63) is 54.1 Å². The van der Waals surface area contributed by atoms with Crippen molar-refractivity contribution in [1.29, 1.82) is 0 Å². The van der Waals surface area contributed by atoms with Crippen LogP contribution in [-0.2, 0) is 11.2 Å². The summed E-state index contributed by atoms with van der Waals surface area (Å²) in [7, 11) is 1.63. The normalized spacial score (nSPS) is 10.1. The molecule has 0 spiro atoms.